The van der Waals surface area contributed by atoms with Gasteiger partial charge in [0.15, 0.2) is 0 Å². The number of hydrogen-bond acceptors (Lipinski definition) is 4. The first-order chi connectivity index (χ1) is 15.2. The fourth-order valence-electron chi connectivity index (χ4n) is 3.61. The Morgan fingerprint density at radius 2 is 1.65 bits per heavy atom. The van der Waals surface area contributed by atoms with Crippen molar-refractivity contribution in [2.75, 3.05) is 13.7 Å². The van der Waals surface area contributed by atoms with Gasteiger partial charge in [-0.1, -0.05) is 30.3 Å². The summed E-state index contributed by atoms with van der Waals surface area (Å²) >= 11 is 0. The van der Waals surface area contributed by atoms with E-state index in [9.17, 15) is 4.79 Å². The van der Waals surface area contributed by atoms with Crippen LogP contribution in [0.5, 0.6) is 11.5 Å². The summed E-state index contributed by atoms with van der Waals surface area (Å²) in [5.41, 5.74) is 2.70. The van der Waals surface area contributed by atoms with Crippen molar-refractivity contribution in [3.05, 3.63) is 88.7 Å². The topological polar surface area (TPSA) is 53.3 Å². The third-order valence-corrected chi connectivity index (χ3v) is 5.34. The summed E-state index contributed by atoms with van der Waals surface area (Å²) in [5.74, 6) is 2.35. The summed E-state index contributed by atoms with van der Waals surface area (Å²) in [6.45, 7) is 3.23. The molecule has 4 rings (SSSR count). The molecule has 0 aliphatic heterocycles. The van der Waals surface area contributed by atoms with Crippen LogP contribution in [0.2, 0.25) is 0 Å². The summed E-state index contributed by atoms with van der Waals surface area (Å²) in [7, 11) is 1.64. The van der Waals surface area contributed by atoms with E-state index in [1.807, 2.05) is 79.7 Å². The van der Waals surface area contributed by atoms with Crippen LogP contribution in [0.3, 0.4) is 0 Å². The number of fused-ring (bicyclic) bond motifs is 1. The smallest absolute Gasteiger partial charge is 0.261 e. The highest BCUT2D eigenvalue weighted by molar-refractivity contribution is 5.79. The first-order valence-electron chi connectivity index (χ1n) is 10.5. The molecule has 1 aromatic heterocycles. The minimum absolute atomic E-state index is 0.0174. The number of aromatic nitrogens is 2. The predicted molar refractivity (Wildman–Crippen MR) is 124 cm³/mol. The molecule has 0 unspecified atom stereocenters. The summed E-state index contributed by atoms with van der Waals surface area (Å²) in [6.07, 6.45) is 1.66. The SMILES string of the molecule is COc1ccc(-c2nc3ccccc3c(=O)n2CCCCOc2ccccc2C)cc1. The Morgan fingerprint density at radius 3 is 2.42 bits per heavy atom. The highest BCUT2D eigenvalue weighted by Crippen LogP contribution is 2.22. The Kier molecular flexibility index (Phi) is 6.32. The highest BCUT2D eigenvalue weighted by atomic mass is 16.5. The third kappa shape index (κ3) is 4.61. The lowest BCUT2D eigenvalue weighted by Gasteiger charge is -2.14. The Labute approximate surface area is 181 Å². The predicted octanol–water partition coefficient (Wildman–Crippen LogP) is 5.24. The van der Waals surface area contributed by atoms with Gasteiger partial charge in [-0.15, -0.1) is 0 Å². The van der Waals surface area contributed by atoms with Crippen LogP contribution < -0.4 is 15.0 Å². The molecule has 4 aromatic rings. The molecule has 31 heavy (non-hydrogen) atoms. The van der Waals surface area contributed by atoms with Crippen molar-refractivity contribution in [2.24, 2.45) is 0 Å². The maximum atomic E-state index is 13.2. The van der Waals surface area contributed by atoms with Gasteiger partial charge in [0, 0.05) is 12.1 Å². The van der Waals surface area contributed by atoms with Crippen molar-refractivity contribution in [3.8, 4) is 22.9 Å². The third-order valence-electron chi connectivity index (χ3n) is 5.34. The second kappa shape index (κ2) is 9.47. The molecule has 0 atom stereocenters. The molecule has 0 fully saturated rings. The van der Waals surface area contributed by atoms with E-state index in [0.717, 1.165) is 35.5 Å². The summed E-state index contributed by atoms with van der Waals surface area (Å²) in [4.78, 5) is 18.1. The van der Waals surface area contributed by atoms with E-state index in [0.29, 0.717) is 29.9 Å². The van der Waals surface area contributed by atoms with Crippen LogP contribution in [0, 0.1) is 6.92 Å². The molecule has 0 saturated carbocycles. The molecule has 0 amide bonds. The summed E-state index contributed by atoms with van der Waals surface area (Å²) < 4.78 is 12.9. The number of benzene rings is 3. The summed E-state index contributed by atoms with van der Waals surface area (Å²) in [5, 5.41) is 0.635. The zero-order valence-electron chi connectivity index (χ0n) is 17.9. The Bertz CT molecular complexity index is 1230. The number of ether oxygens (including phenoxy) is 2. The minimum atomic E-state index is -0.0174. The lowest BCUT2D eigenvalue weighted by atomic mass is 10.1. The van der Waals surface area contributed by atoms with Crippen molar-refractivity contribution in [2.45, 2.75) is 26.3 Å². The van der Waals surface area contributed by atoms with Gasteiger partial charge in [0.1, 0.15) is 17.3 Å². The van der Waals surface area contributed by atoms with Gasteiger partial charge < -0.3 is 9.47 Å². The van der Waals surface area contributed by atoms with E-state index in [4.69, 9.17) is 14.5 Å². The van der Waals surface area contributed by atoms with Crippen LogP contribution in [0.4, 0.5) is 0 Å². The standard InChI is InChI=1S/C26H26N2O3/c1-19-9-3-6-12-24(19)31-18-8-7-17-28-25(20-13-15-21(30-2)16-14-20)27-23-11-5-4-10-22(23)26(28)29/h3-6,9-16H,7-8,17-18H2,1-2H3. The molecule has 0 aliphatic carbocycles. The van der Waals surface area contributed by atoms with Gasteiger partial charge in [-0.25, -0.2) is 4.98 Å². The number of hydrogen-bond donors (Lipinski definition) is 0. The van der Waals surface area contributed by atoms with E-state index in [-0.39, 0.29) is 5.56 Å². The molecule has 158 valence electrons. The first kappa shape index (κ1) is 20.7. The molecule has 1 heterocycles. The van der Waals surface area contributed by atoms with E-state index < -0.39 is 0 Å². The second-order valence-electron chi connectivity index (χ2n) is 7.46. The Balaban J connectivity index is 1.55. The van der Waals surface area contributed by atoms with Crippen LogP contribution in [-0.2, 0) is 6.54 Å². The molecule has 3 aromatic carbocycles. The quantitative estimate of drug-likeness (QED) is 0.370. The Morgan fingerprint density at radius 1 is 0.903 bits per heavy atom. The lowest BCUT2D eigenvalue weighted by Crippen LogP contribution is -2.24. The van der Waals surface area contributed by atoms with Gasteiger partial charge in [0.25, 0.3) is 5.56 Å². The summed E-state index contributed by atoms with van der Waals surface area (Å²) in [6, 6.07) is 23.1. The van der Waals surface area contributed by atoms with E-state index in [1.165, 1.54) is 0 Å². The number of nitrogens with zero attached hydrogens (tertiary/aromatic N) is 2. The van der Waals surface area contributed by atoms with Crippen LogP contribution >= 0.6 is 0 Å². The van der Waals surface area contributed by atoms with Crippen LogP contribution in [0.25, 0.3) is 22.3 Å². The van der Waals surface area contributed by atoms with Gasteiger partial charge in [-0.3, -0.25) is 9.36 Å². The molecular formula is C26H26N2O3. The van der Waals surface area contributed by atoms with Crippen molar-refractivity contribution in [1.82, 2.24) is 9.55 Å². The van der Waals surface area contributed by atoms with Gasteiger partial charge in [0.05, 0.1) is 24.6 Å². The van der Waals surface area contributed by atoms with E-state index in [2.05, 4.69) is 0 Å². The first-order valence-corrected chi connectivity index (χ1v) is 10.5. The maximum Gasteiger partial charge on any atom is 0.261 e. The number of para-hydroxylation sites is 2. The van der Waals surface area contributed by atoms with Crippen molar-refractivity contribution in [3.63, 3.8) is 0 Å². The fourth-order valence-corrected chi connectivity index (χ4v) is 3.61. The number of aryl methyl sites for hydroxylation is 1. The van der Waals surface area contributed by atoms with Crippen LogP contribution in [0.15, 0.2) is 77.6 Å². The molecule has 5 nitrogen and oxygen atoms in total. The normalized spacial score (nSPS) is 10.9. The monoisotopic (exact) mass is 414 g/mol. The second-order valence-corrected chi connectivity index (χ2v) is 7.46. The van der Waals surface area contributed by atoms with E-state index in [1.54, 1.807) is 11.7 Å². The molecular weight excluding hydrogens is 388 g/mol. The van der Waals surface area contributed by atoms with Crippen molar-refractivity contribution >= 4 is 10.9 Å². The minimum Gasteiger partial charge on any atom is -0.497 e. The van der Waals surface area contributed by atoms with Crippen LogP contribution in [-0.4, -0.2) is 23.3 Å². The molecule has 0 aliphatic rings. The molecule has 0 N–H and O–H groups in total. The molecule has 5 heteroatoms. The number of unbranched alkanes of at least 4 members (excludes halogenated alkanes) is 1. The van der Waals surface area contributed by atoms with Gasteiger partial charge in [-0.2, -0.15) is 0 Å². The molecule has 0 radical (unpaired) electrons. The lowest BCUT2D eigenvalue weighted by molar-refractivity contribution is 0.301. The number of rotatable bonds is 8. The average Bonchev–Trinajstić information content (AvgIpc) is 2.81. The zero-order valence-corrected chi connectivity index (χ0v) is 17.9. The maximum absolute atomic E-state index is 13.2. The van der Waals surface area contributed by atoms with E-state index >= 15 is 0 Å². The Hall–Kier alpha value is -3.60. The molecule has 0 bridgehead atoms. The van der Waals surface area contributed by atoms with Gasteiger partial charge in [0.2, 0.25) is 0 Å². The van der Waals surface area contributed by atoms with Crippen molar-refractivity contribution in [1.29, 1.82) is 0 Å². The molecule has 0 spiro atoms. The number of methoxy groups -OCH3 is 1. The highest BCUT2D eigenvalue weighted by Gasteiger charge is 2.13. The van der Waals surface area contributed by atoms with Gasteiger partial charge in [-0.05, 0) is 67.8 Å². The molecule has 0 saturated heterocycles. The van der Waals surface area contributed by atoms with Crippen molar-refractivity contribution < 1.29 is 9.47 Å². The fraction of sp³-hybridized carbons (Fsp3) is 0.231. The zero-order chi connectivity index (χ0) is 21.6. The average molecular weight is 415 g/mol. The van der Waals surface area contributed by atoms with Crippen LogP contribution in [0.1, 0.15) is 18.4 Å². The van der Waals surface area contributed by atoms with Gasteiger partial charge >= 0.3 is 0 Å². The largest absolute Gasteiger partial charge is 0.497 e.